The van der Waals surface area contributed by atoms with Crippen LogP contribution in [0.15, 0.2) is 0 Å². The Labute approximate surface area is 452 Å². The average Bonchev–Trinajstić information content (AvgIpc) is 3.34. The lowest BCUT2D eigenvalue weighted by atomic mass is 9.97. The van der Waals surface area contributed by atoms with Crippen molar-refractivity contribution >= 4 is 11.8 Å². The van der Waals surface area contributed by atoms with Gasteiger partial charge in [-0.1, -0.05) is 233 Å². The Bertz CT molecular complexity index is 1040. The Morgan fingerprint density at radius 1 is 0.356 bits per heavy atom. The zero-order valence-corrected chi connectivity index (χ0v) is 49.1. The number of nitrogens with one attached hydrogen (secondary N) is 2. The Balaban J connectivity index is 4.83. The summed E-state index contributed by atoms with van der Waals surface area (Å²) in [4.78, 5) is 30.2. The SMILES string of the molecule is CCCCCCCCCCC(O)CN(CCCCNC(=O)CC(C)(O)CC(=O)NCCCCN(CC(O)CCCCCCCCCC)CC(O)CCCCCCCCCC)CC(O)CCCCCCCCCC. The van der Waals surface area contributed by atoms with Crippen LogP contribution in [0.2, 0.25) is 0 Å². The summed E-state index contributed by atoms with van der Waals surface area (Å²) in [6, 6.07) is 0. The van der Waals surface area contributed by atoms with E-state index in [0.717, 1.165) is 116 Å². The van der Waals surface area contributed by atoms with Crippen LogP contribution in [0, 0.1) is 0 Å². The van der Waals surface area contributed by atoms with Gasteiger partial charge in [-0.2, -0.15) is 0 Å². The number of hydrogen-bond acceptors (Lipinski definition) is 9. The maximum Gasteiger partial charge on any atom is 0.222 e. The number of aliphatic hydroxyl groups excluding tert-OH is 4. The zero-order chi connectivity index (χ0) is 53.9. The summed E-state index contributed by atoms with van der Waals surface area (Å²) < 4.78 is 0. The fourth-order valence-electron chi connectivity index (χ4n) is 10.4. The minimum atomic E-state index is -1.48. The van der Waals surface area contributed by atoms with Crippen LogP contribution < -0.4 is 10.6 Å². The first kappa shape index (κ1) is 71.7. The Morgan fingerprint density at radius 3 is 0.808 bits per heavy atom. The monoisotopic (exact) mass is 1040 g/mol. The largest absolute Gasteiger partial charge is 0.392 e. The van der Waals surface area contributed by atoms with Crippen LogP contribution in [-0.4, -0.2) is 130 Å². The highest BCUT2D eigenvalue weighted by atomic mass is 16.3. The van der Waals surface area contributed by atoms with Gasteiger partial charge in [-0.15, -0.1) is 0 Å². The van der Waals surface area contributed by atoms with Crippen molar-refractivity contribution in [1.82, 2.24) is 20.4 Å². The summed E-state index contributed by atoms with van der Waals surface area (Å²) in [6.07, 6.45) is 43.8. The van der Waals surface area contributed by atoms with Crippen LogP contribution in [0.4, 0.5) is 0 Å². The molecule has 0 aromatic carbocycles. The molecule has 0 saturated carbocycles. The third-order valence-corrected chi connectivity index (χ3v) is 15.0. The smallest absolute Gasteiger partial charge is 0.222 e. The van der Waals surface area contributed by atoms with E-state index in [1.807, 2.05) is 0 Å². The Morgan fingerprint density at radius 2 is 0.575 bits per heavy atom. The third kappa shape index (κ3) is 51.2. The number of aliphatic hydroxyl groups is 5. The summed E-state index contributed by atoms with van der Waals surface area (Å²) in [6.45, 7) is 15.1. The third-order valence-electron chi connectivity index (χ3n) is 15.0. The van der Waals surface area contributed by atoms with Crippen molar-refractivity contribution in [2.75, 3.05) is 52.4 Å². The predicted molar refractivity (Wildman–Crippen MR) is 310 cm³/mol. The molecule has 73 heavy (non-hydrogen) atoms. The van der Waals surface area contributed by atoms with E-state index >= 15 is 0 Å². The summed E-state index contributed by atoms with van der Waals surface area (Å²) in [7, 11) is 0. The van der Waals surface area contributed by atoms with Gasteiger partial charge in [0.15, 0.2) is 0 Å². The lowest BCUT2D eigenvalue weighted by Gasteiger charge is -2.27. The Kier molecular flexibility index (Phi) is 51.7. The number of hydrogen-bond donors (Lipinski definition) is 7. The molecule has 0 aliphatic carbocycles. The van der Waals surface area contributed by atoms with Gasteiger partial charge in [-0.05, 0) is 71.4 Å². The van der Waals surface area contributed by atoms with E-state index < -0.39 is 30.0 Å². The van der Waals surface area contributed by atoms with Crippen molar-refractivity contribution in [2.45, 2.75) is 334 Å². The highest BCUT2D eigenvalue weighted by molar-refractivity contribution is 5.80. The topological polar surface area (TPSA) is 166 Å². The molecule has 0 heterocycles. The van der Waals surface area contributed by atoms with E-state index in [4.69, 9.17) is 0 Å². The number of carbonyl (C=O) groups is 2. The lowest BCUT2D eigenvalue weighted by molar-refractivity contribution is -0.130. The van der Waals surface area contributed by atoms with Crippen LogP contribution in [0.5, 0.6) is 0 Å². The standard InChI is InChI=1S/C62H126N4O7/c1-6-10-14-18-22-26-30-34-42-56(67)52-65(53-57(68)43-35-31-27-23-19-15-11-7-2)48-40-38-46-63-60(71)50-62(5,73)51-61(72)64-47-39-41-49-66(54-58(69)44-36-32-28-24-20-16-12-8-3)55-59(70)45-37-33-29-25-21-17-13-9-4/h56-59,67-70,73H,6-55H2,1-5H3,(H,63,71)(H,64,72). The van der Waals surface area contributed by atoms with Crippen LogP contribution in [-0.2, 0) is 9.59 Å². The van der Waals surface area contributed by atoms with E-state index in [1.54, 1.807) is 0 Å². The molecule has 0 bridgehead atoms. The van der Waals surface area contributed by atoms with Gasteiger partial charge in [0.25, 0.3) is 0 Å². The molecule has 0 rings (SSSR count). The van der Waals surface area contributed by atoms with Gasteiger partial charge in [-0.25, -0.2) is 0 Å². The first-order chi connectivity index (χ1) is 35.3. The van der Waals surface area contributed by atoms with Gasteiger partial charge in [0.05, 0.1) is 42.9 Å². The number of unbranched alkanes of at least 4 members (excludes halogenated alkanes) is 30. The highest BCUT2D eigenvalue weighted by Crippen LogP contribution is 2.18. The maximum atomic E-state index is 12.9. The quantitative estimate of drug-likeness (QED) is 0.0294. The van der Waals surface area contributed by atoms with Crippen molar-refractivity contribution in [3.8, 4) is 0 Å². The van der Waals surface area contributed by atoms with Gasteiger partial charge in [0.1, 0.15) is 0 Å². The first-order valence-electron chi connectivity index (χ1n) is 31.8. The molecule has 4 unspecified atom stereocenters. The number of amides is 2. The van der Waals surface area contributed by atoms with Crippen LogP contribution in [0.3, 0.4) is 0 Å². The van der Waals surface area contributed by atoms with E-state index in [-0.39, 0.29) is 24.7 Å². The second-order valence-corrected chi connectivity index (χ2v) is 23.2. The van der Waals surface area contributed by atoms with E-state index in [2.05, 4.69) is 48.1 Å². The van der Waals surface area contributed by atoms with Crippen molar-refractivity contribution in [3.05, 3.63) is 0 Å². The van der Waals surface area contributed by atoms with Crippen molar-refractivity contribution in [1.29, 1.82) is 0 Å². The van der Waals surface area contributed by atoms with Crippen molar-refractivity contribution < 1.29 is 35.1 Å². The van der Waals surface area contributed by atoms with Gasteiger partial charge in [-0.3, -0.25) is 19.4 Å². The lowest BCUT2D eigenvalue weighted by Crippen LogP contribution is -2.40. The van der Waals surface area contributed by atoms with Crippen LogP contribution >= 0.6 is 0 Å². The number of nitrogens with zero attached hydrogens (tertiary/aromatic N) is 2. The van der Waals surface area contributed by atoms with E-state index in [9.17, 15) is 35.1 Å². The molecule has 0 aliphatic rings. The fourth-order valence-corrected chi connectivity index (χ4v) is 10.4. The number of rotatable bonds is 58. The molecule has 0 spiro atoms. The number of carbonyl (C=O) groups excluding carboxylic acids is 2. The molecule has 2 amide bonds. The van der Waals surface area contributed by atoms with Crippen molar-refractivity contribution in [3.63, 3.8) is 0 Å². The molecule has 0 fully saturated rings. The second kappa shape index (κ2) is 52.7. The average molecular weight is 1040 g/mol. The Hall–Kier alpha value is -1.34. The normalized spacial score (nSPS) is 14.4. The van der Waals surface area contributed by atoms with Gasteiger partial charge >= 0.3 is 0 Å². The molecular formula is C62H126N4O7. The summed E-state index contributed by atoms with van der Waals surface area (Å²) in [5.41, 5.74) is -1.48. The van der Waals surface area contributed by atoms with Crippen LogP contribution in [0.25, 0.3) is 0 Å². The molecule has 11 nitrogen and oxygen atoms in total. The second-order valence-electron chi connectivity index (χ2n) is 23.2. The van der Waals surface area contributed by atoms with Gasteiger partial charge in [0, 0.05) is 39.3 Å². The zero-order valence-electron chi connectivity index (χ0n) is 49.1. The molecule has 4 atom stereocenters. The summed E-state index contributed by atoms with van der Waals surface area (Å²) >= 11 is 0. The molecule has 11 heteroatoms. The fraction of sp³-hybridized carbons (Fsp3) is 0.968. The highest BCUT2D eigenvalue weighted by Gasteiger charge is 2.27. The minimum absolute atomic E-state index is 0.167. The summed E-state index contributed by atoms with van der Waals surface area (Å²) in [5.74, 6) is -0.573. The van der Waals surface area contributed by atoms with Gasteiger partial charge in [0.2, 0.25) is 11.8 Å². The minimum Gasteiger partial charge on any atom is -0.392 e. The maximum absolute atomic E-state index is 12.9. The molecule has 0 aliphatic heterocycles. The van der Waals surface area contributed by atoms with Gasteiger partial charge < -0.3 is 36.2 Å². The van der Waals surface area contributed by atoms with E-state index in [1.165, 1.54) is 161 Å². The first-order valence-corrected chi connectivity index (χ1v) is 31.8. The molecule has 0 aromatic rings. The molecule has 436 valence electrons. The summed E-state index contributed by atoms with van der Waals surface area (Å²) in [5, 5.41) is 60.9. The molecular weight excluding hydrogens is 913 g/mol. The molecule has 7 N–H and O–H groups in total. The van der Waals surface area contributed by atoms with Crippen molar-refractivity contribution in [2.24, 2.45) is 0 Å². The van der Waals surface area contributed by atoms with Crippen LogP contribution in [0.1, 0.15) is 304 Å². The molecule has 0 radical (unpaired) electrons. The molecule has 0 saturated heterocycles. The molecule has 0 aromatic heterocycles. The predicted octanol–water partition coefficient (Wildman–Crippen LogP) is 13.5. The van der Waals surface area contributed by atoms with E-state index in [0.29, 0.717) is 39.3 Å².